The van der Waals surface area contributed by atoms with E-state index in [4.69, 9.17) is 10.2 Å². The van der Waals surface area contributed by atoms with Crippen LogP contribution in [-0.2, 0) is 6.42 Å². The molecule has 20 heavy (non-hydrogen) atoms. The first-order chi connectivity index (χ1) is 9.58. The van der Waals surface area contributed by atoms with Crippen molar-refractivity contribution in [3.63, 3.8) is 0 Å². The summed E-state index contributed by atoms with van der Waals surface area (Å²) in [6, 6.07) is 14.7. The molecule has 0 bridgehead atoms. The molecule has 3 nitrogen and oxygen atoms in total. The molecule has 0 saturated heterocycles. The highest BCUT2D eigenvalue weighted by atomic mass is 16.3. The Bertz CT molecular complexity index is 519. The van der Waals surface area contributed by atoms with Gasteiger partial charge < -0.3 is 10.2 Å². The maximum atomic E-state index is 6.15. The van der Waals surface area contributed by atoms with E-state index in [1.165, 1.54) is 5.56 Å². The Balaban J connectivity index is 2.02. The molecule has 2 N–H and O–H groups in total. The van der Waals surface area contributed by atoms with Gasteiger partial charge in [0.15, 0.2) is 0 Å². The molecular weight excluding hydrogens is 248 g/mol. The molecule has 2 rings (SSSR count). The van der Waals surface area contributed by atoms with E-state index in [9.17, 15) is 0 Å². The maximum Gasteiger partial charge on any atom is 0.122 e. The molecule has 2 unspecified atom stereocenters. The number of aryl methyl sites for hydroxylation is 1. The summed E-state index contributed by atoms with van der Waals surface area (Å²) in [6.07, 6.45) is 1.01. The molecular formula is C17H24N2O. The second-order valence-electron chi connectivity index (χ2n) is 5.47. The van der Waals surface area contributed by atoms with Crippen molar-refractivity contribution in [1.29, 1.82) is 0 Å². The Morgan fingerprint density at radius 3 is 2.40 bits per heavy atom. The van der Waals surface area contributed by atoms with E-state index in [1.54, 1.807) is 0 Å². The van der Waals surface area contributed by atoms with Crippen molar-refractivity contribution < 1.29 is 4.42 Å². The maximum absolute atomic E-state index is 6.15. The van der Waals surface area contributed by atoms with Crippen LogP contribution in [0.15, 0.2) is 46.9 Å². The molecule has 0 aliphatic rings. The first kappa shape index (κ1) is 14.8. The predicted octanol–water partition coefficient (Wildman–Crippen LogP) is 3.15. The van der Waals surface area contributed by atoms with Gasteiger partial charge in [0, 0.05) is 12.6 Å². The van der Waals surface area contributed by atoms with Gasteiger partial charge in [0.05, 0.1) is 6.04 Å². The third-order valence-electron chi connectivity index (χ3n) is 3.62. The van der Waals surface area contributed by atoms with E-state index >= 15 is 0 Å². The fourth-order valence-corrected chi connectivity index (χ4v) is 2.58. The van der Waals surface area contributed by atoms with Gasteiger partial charge in [-0.3, -0.25) is 4.90 Å². The predicted molar refractivity (Wildman–Crippen MR) is 82.6 cm³/mol. The van der Waals surface area contributed by atoms with Crippen LogP contribution in [0.1, 0.15) is 30.0 Å². The minimum atomic E-state index is 0.0290. The summed E-state index contributed by atoms with van der Waals surface area (Å²) >= 11 is 0. The first-order valence-corrected chi connectivity index (χ1v) is 7.14. The number of furan rings is 1. The number of hydrogen-bond donors (Lipinski definition) is 1. The molecule has 0 saturated carbocycles. The lowest BCUT2D eigenvalue weighted by atomic mass is 10.1. The van der Waals surface area contributed by atoms with Gasteiger partial charge in [0.25, 0.3) is 0 Å². The van der Waals surface area contributed by atoms with Crippen LogP contribution in [0.4, 0.5) is 0 Å². The van der Waals surface area contributed by atoms with Gasteiger partial charge in [-0.05, 0) is 45.0 Å². The van der Waals surface area contributed by atoms with Crippen LogP contribution >= 0.6 is 0 Å². The van der Waals surface area contributed by atoms with Crippen LogP contribution in [-0.4, -0.2) is 24.5 Å². The Kier molecular flexibility index (Phi) is 4.99. The van der Waals surface area contributed by atoms with Gasteiger partial charge in [-0.15, -0.1) is 0 Å². The molecule has 0 radical (unpaired) electrons. The summed E-state index contributed by atoms with van der Waals surface area (Å²) in [7, 11) is 2.11. The van der Waals surface area contributed by atoms with Crippen molar-refractivity contribution in [2.24, 2.45) is 5.73 Å². The molecule has 2 aromatic rings. The van der Waals surface area contributed by atoms with E-state index in [0.29, 0.717) is 0 Å². The highest BCUT2D eigenvalue weighted by Gasteiger charge is 2.23. The molecule has 1 heterocycles. The zero-order valence-electron chi connectivity index (χ0n) is 12.5. The van der Waals surface area contributed by atoms with Crippen LogP contribution in [0, 0.1) is 6.92 Å². The molecule has 0 amide bonds. The number of likely N-dealkylation sites (N-methyl/N-ethyl adjacent to an activating group) is 1. The molecule has 3 heteroatoms. The van der Waals surface area contributed by atoms with Crippen LogP contribution in [0.3, 0.4) is 0 Å². The van der Waals surface area contributed by atoms with E-state index in [2.05, 4.69) is 36.2 Å². The van der Waals surface area contributed by atoms with Gasteiger partial charge in [-0.1, -0.05) is 30.3 Å². The van der Waals surface area contributed by atoms with E-state index in [1.807, 2.05) is 32.0 Å². The average molecular weight is 272 g/mol. The van der Waals surface area contributed by atoms with E-state index in [0.717, 1.165) is 24.5 Å². The molecule has 2 atom stereocenters. The van der Waals surface area contributed by atoms with Gasteiger partial charge in [-0.25, -0.2) is 0 Å². The van der Waals surface area contributed by atoms with Gasteiger partial charge in [0.1, 0.15) is 11.5 Å². The van der Waals surface area contributed by atoms with Crippen LogP contribution in [0.25, 0.3) is 0 Å². The Morgan fingerprint density at radius 2 is 1.85 bits per heavy atom. The van der Waals surface area contributed by atoms with E-state index in [-0.39, 0.29) is 12.1 Å². The van der Waals surface area contributed by atoms with Gasteiger partial charge >= 0.3 is 0 Å². The smallest absolute Gasteiger partial charge is 0.122 e. The SMILES string of the molecule is Cc1ccc(C(C(C)N)N(C)CCc2ccccc2)o1. The van der Waals surface area contributed by atoms with Crippen molar-refractivity contribution in [2.75, 3.05) is 13.6 Å². The van der Waals surface area contributed by atoms with Crippen molar-refractivity contribution in [1.82, 2.24) is 4.90 Å². The largest absolute Gasteiger partial charge is 0.465 e. The third-order valence-corrected chi connectivity index (χ3v) is 3.62. The Hall–Kier alpha value is -1.58. The summed E-state index contributed by atoms with van der Waals surface area (Å²) in [6.45, 7) is 4.95. The van der Waals surface area contributed by atoms with Crippen LogP contribution < -0.4 is 5.73 Å². The Labute approximate surface area is 121 Å². The number of rotatable bonds is 6. The average Bonchev–Trinajstić information content (AvgIpc) is 2.83. The number of benzene rings is 1. The number of nitrogens with two attached hydrogens (primary N) is 1. The van der Waals surface area contributed by atoms with Crippen LogP contribution in [0.2, 0.25) is 0 Å². The van der Waals surface area contributed by atoms with E-state index < -0.39 is 0 Å². The highest BCUT2D eigenvalue weighted by molar-refractivity contribution is 5.15. The molecule has 108 valence electrons. The fourth-order valence-electron chi connectivity index (χ4n) is 2.58. The van der Waals surface area contributed by atoms with Gasteiger partial charge in [0.2, 0.25) is 0 Å². The lowest BCUT2D eigenvalue weighted by molar-refractivity contribution is 0.192. The normalized spacial score (nSPS) is 14.4. The quantitative estimate of drug-likeness (QED) is 0.878. The minimum Gasteiger partial charge on any atom is -0.465 e. The molecule has 0 spiro atoms. The molecule has 0 aliphatic heterocycles. The van der Waals surface area contributed by atoms with Crippen molar-refractivity contribution in [3.8, 4) is 0 Å². The molecule has 0 fully saturated rings. The second kappa shape index (κ2) is 6.73. The monoisotopic (exact) mass is 272 g/mol. The fraction of sp³-hybridized carbons (Fsp3) is 0.412. The highest BCUT2D eigenvalue weighted by Crippen LogP contribution is 2.24. The third kappa shape index (κ3) is 3.71. The first-order valence-electron chi connectivity index (χ1n) is 7.14. The van der Waals surface area contributed by atoms with Crippen molar-refractivity contribution in [2.45, 2.75) is 32.4 Å². The summed E-state index contributed by atoms with van der Waals surface area (Å²) < 4.78 is 5.76. The lowest BCUT2D eigenvalue weighted by Crippen LogP contribution is -2.38. The minimum absolute atomic E-state index is 0.0290. The second-order valence-corrected chi connectivity index (χ2v) is 5.47. The molecule has 1 aromatic carbocycles. The van der Waals surface area contributed by atoms with Gasteiger partial charge in [-0.2, -0.15) is 0 Å². The number of hydrogen-bond acceptors (Lipinski definition) is 3. The summed E-state index contributed by atoms with van der Waals surface area (Å²) in [4.78, 5) is 2.27. The summed E-state index contributed by atoms with van der Waals surface area (Å²) in [5, 5.41) is 0. The Morgan fingerprint density at radius 1 is 1.15 bits per heavy atom. The molecule has 0 aliphatic carbocycles. The zero-order chi connectivity index (χ0) is 14.5. The summed E-state index contributed by atoms with van der Waals surface area (Å²) in [5.41, 5.74) is 7.49. The van der Waals surface area contributed by atoms with Crippen LogP contribution in [0.5, 0.6) is 0 Å². The van der Waals surface area contributed by atoms with Crippen molar-refractivity contribution >= 4 is 0 Å². The standard InChI is InChI=1S/C17H24N2O/c1-13-9-10-16(20-13)17(14(2)18)19(3)12-11-15-7-5-4-6-8-15/h4-10,14,17H,11-12,18H2,1-3H3. The number of nitrogens with zero attached hydrogens (tertiary/aromatic N) is 1. The lowest BCUT2D eigenvalue weighted by Gasteiger charge is -2.29. The zero-order valence-corrected chi connectivity index (χ0v) is 12.5. The summed E-state index contributed by atoms with van der Waals surface area (Å²) in [5.74, 6) is 1.88. The topological polar surface area (TPSA) is 42.4 Å². The molecule has 1 aromatic heterocycles. The van der Waals surface area contributed by atoms with Crippen molar-refractivity contribution in [3.05, 3.63) is 59.5 Å².